The zero-order chi connectivity index (χ0) is 13.8. The number of aryl methyl sites for hydroxylation is 2. The van der Waals surface area contributed by atoms with Crippen molar-refractivity contribution in [2.45, 2.75) is 26.8 Å². The average Bonchev–Trinajstić information content (AvgIpc) is 2.82. The first-order valence-electron chi connectivity index (χ1n) is 6.07. The van der Waals surface area contributed by atoms with Crippen molar-refractivity contribution in [3.8, 4) is 0 Å². The fourth-order valence-electron chi connectivity index (χ4n) is 1.86. The van der Waals surface area contributed by atoms with E-state index >= 15 is 0 Å². The van der Waals surface area contributed by atoms with Gasteiger partial charge in [0.2, 0.25) is 0 Å². The maximum absolute atomic E-state index is 12.1. The van der Waals surface area contributed by atoms with Crippen LogP contribution in [0.25, 0.3) is 0 Å². The molecular weight excluding hydrogens is 280 g/mol. The molecule has 0 aliphatic rings. The second-order valence-electron chi connectivity index (χ2n) is 4.23. The Bertz CT molecular complexity index is 575. The smallest absolute Gasteiger partial charge is 0.251 e. The summed E-state index contributed by atoms with van der Waals surface area (Å²) in [6, 6.07) is 5.41. The summed E-state index contributed by atoms with van der Waals surface area (Å²) in [5.41, 5.74) is 2.57. The second kappa shape index (κ2) is 6.17. The third-order valence-corrected chi connectivity index (χ3v) is 3.97. The second-order valence-corrected chi connectivity index (χ2v) is 5.61. The topological polar surface area (TPSA) is 42.0 Å². The summed E-state index contributed by atoms with van der Waals surface area (Å²) < 4.78 is 0. The molecule has 19 heavy (non-hydrogen) atoms. The molecule has 1 N–H and O–H groups in total. The van der Waals surface area contributed by atoms with Gasteiger partial charge in [0.25, 0.3) is 5.91 Å². The highest BCUT2D eigenvalue weighted by Gasteiger charge is 2.09. The van der Waals surface area contributed by atoms with Crippen LogP contribution in [-0.4, -0.2) is 10.9 Å². The number of aromatic nitrogens is 1. The van der Waals surface area contributed by atoms with Gasteiger partial charge >= 0.3 is 0 Å². The Hall–Kier alpha value is -1.39. The SMILES string of the molecule is CCc1ccsc1CNC(=O)c1cc(C)nc(Cl)c1. The zero-order valence-electron chi connectivity index (χ0n) is 10.9. The van der Waals surface area contributed by atoms with E-state index in [1.807, 2.05) is 12.3 Å². The van der Waals surface area contributed by atoms with Crippen molar-refractivity contribution < 1.29 is 4.79 Å². The molecule has 2 rings (SSSR count). The number of nitrogens with one attached hydrogen (secondary N) is 1. The summed E-state index contributed by atoms with van der Waals surface area (Å²) >= 11 is 7.52. The fraction of sp³-hybridized carbons (Fsp3) is 0.286. The van der Waals surface area contributed by atoms with Gasteiger partial charge in [-0.3, -0.25) is 4.79 Å². The van der Waals surface area contributed by atoms with Gasteiger partial charge in [0.1, 0.15) is 5.15 Å². The molecule has 2 aromatic rings. The highest BCUT2D eigenvalue weighted by molar-refractivity contribution is 7.10. The van der Waals surface area contributed by atoms with Crippen LogP contribution in [0.4, 0.5) is 0 Å². The lowest BCUT2D eigenvalue weighted by atomic mass is 10.2. The molecule has 0 saturated heterocycles. The van der Waals surface area contributed by atoms with Crippen molar-refractivity contribution in [3.05, 3.63) is 50.4 Å². The summed E-state index contributed by atoms with van der Waals surface area (Å²) in [5, 5.41) is 5.31. The average molecular weight is 295 g/mol. The summed E-state index contributed by atoms with van der Waals surface area (Å²) in [4.78, 5) is 17.3. The molecule has 2 aromatic heterocycles. The molecule has 0 atom stereocenters. The molecule has 5 heteroatoms. The Balaban J connectivity index is 2.05. The Kier molecular flexibility index (Phi) is 4.56. The van der Waals surface area contributed by atoms with Crippen LogP contribution in [0.1, 0.15) is 33.4 Å². The lowest BCUT2D eigenvalue weighted by Gasteiger charge is -2.06. The molecule has 0 unspecified atom stereocenters. The zero-order valence-corrected chi connectivity index (χ0v) is 12.4. The predicted molar refractivity (Wildman–Crippen MR) is 78.9 cm³/mol. The van der Waals surface area contributed by atoms with Crippen molar-refractivity contribution in [1.82, 2.24) is 10.3 Å². The third-order valence-electron chi connectivity index (χ3n) is 2.81. The molecular formula is C14H15ClN2OS. The minimum absolute atomic E-state index is 0.122. The Morgan fingerprint density at radius 1 is 1.47 bits per heavy atom. The normalized spacial score (nSPS) is 10.5. The molecule has 0 aliphatic heterocycles. The summed E-state index contributed by atoms with van der Waals surface area (Å²) in [5.74, 6) is -0.122. The van der Waals surface area contributed by atoms with Crippen molar-refractivity contribution in [2.75, 3.05) is 0 Å². The first-order chi connectivity index (χ1) is 9.10. The highest BCUT2D eigenvalue weighted by Crippen LogP contribution is 2.17. The van der Waals surface area contributed by atoms with Crippen molar-refractivity contribution in [1.29, 1.82) is 0 Å². The van der Waals surface area contributed by atoms with Gasteiger partial charge in [-0.1, -0.05) is 18.5 Å². The van der Waals surface area contributed by atoms with Crippen molar-refractivity contribution in [3.63, 3.8) is 0 Å². The van der Waals surface area contributed by atoms with Gasteiger partial charge in [0.05, 0.1) is 6.54 Å². The Labute approximate surface area is 121 Å². The number of pyridine rings is 1. The van der Waals surface area contributed by atoms with E-state index in [4.69, 9.17) is 11.6 Å². The van der Waals surface area contributed by atoms with E-state index < -0.39 is 0 Å². The van der Waals surface area contributed by atoms with Crippen LogP contribution < -0.4 is 5.32 Å². The van der Waals surface area contributed by atoms with Gasteiger partial charge in [-0.2, -0.15) is 0 Å². The van der Waals surface area contributed by atoms with Crippen LogP contribution in [0.3, 0.4) is 0 Å². The van der Waals surface area contributed by atoms with E-state index in [2.05, 4.69) is 23.3 Å². The summed E-state index contributed by atoms with van der Waals surface area (Å²) in [6.45, 7) is 4.48. The maximum Gasteiger partial charge on any atom is 0.251 e. The minimum Gasteiger partial charge on any atom is -0.347 e. The van der Waals surface area contributed by atoms with Crippen molar-refractivity contribution in [2.24, 2.45) is 0 Å². The van der Waals surface area contributed by atoms with Crippen LogP contribution in [0.5, 0.6) is 0 Å². The predicted octanol–water partition coefficient (Wildman–Crippen LogP) is 3.60. The lowest BCUT2D eigenvalue weighted by Crippen LogP contribution is -2.23. The molecule has 0 aliphatic carbocycles. The van der Waals surface area contributed by atoms with E-state index in [1.54, 1.807) is 23.5 Å². The van der Waals surface area contributed by atoms with Crippen LogP contribution in [0.15, 0.2) is 23.6 Å². The Morgan fingerprint density at radius 2 is 2.26 bits per heavy atom. The largest absolute Gasteiger partial charge is 0.347 e. The number of amides is 1. The number of nitrogens with zero attached hydrogens (tertiary/aromatic N) is 1. The molecule has 0 bridgehead atoms. The van der Waals surface area contributed by atoms with E-state index in [1.165, 1.54) is 10.4 Å². The number of thiophene rings is 1. The van der Waals surface area contributed by atoms with Gasteiger partial charge < -0.3 is 5.32 Å². The molecule has 100 valence electrons. The fourth-order valence-corrected chi connectivity index (χ4v) is 3.03. The van der Waals surface area contributed by atoms with Gasteiger partial charge in [0, 0.05) is 16.1 Å². The molecule has 0 saturated carbocycles. The number of halogens is 1. The van der Waals surface area contributed by atoms with E-state index in [-0.39, 0.29) is 5.91 Å². The number of carbonyl (C=O) groups excluding carboxylic acids is 1. The number of rotatable bonds is 4. The molecule has 0 fully saturated rings. The molecule has 3 nitrogen and oxygen atoms in total. The molecule has 0 aromatic carbocycles. The third kappa shape index (κ3) is 3.55. The summed E-state index contributed by atoms with van der Waals surface area (Å²) in [7, 11) is 0. The monoisotopic (exact) mass is 294 g/mol. The molecule has 0 spiro atoms. The maximum atomic E-state index is 12.1. The lowest BCUT2D eigenvalue weighted by molar-refractivity contribution is 0.0951. The number of hydrogen-bond acceptors (Lipinski definition) is 3. The van der Waals surface area contributed by atoms with E-state index in [9.17, 15) is 4.79 Å². The minimum atomic E-state index is -0.122. The first-order valence-corrected chi connectivity index (χ1v) is 7.33. The van der Waals surface area contributed by atoms with E-state index in [0.717, 1.165) is 12.1 Å². The first kappa shape index (κ1) is 14.0. The van der Waals surface area contributed by atoms with Crippen LogP contribution in [0, 0.1) is 6.92 Å². The highest BCUT2D eigenvalue weighted by atomic mass is 35.5. The Morgan fingerprint density at radius 3 is 2.95 bits per heavy atom. The summed E-state index contributed by atoms with van der Waals surface area (Å²) in [6.07, 6.45) is 0.981. The molecule has 1 amide bonds. The van der Waals surface area contributed by atoms with Gasteiger partial charge in [0.15, 0.2) is 0 Å². The van der Waals surface area contributed by atoms with Gasteiger partial charge in [-0.25, -0.2) is 4.98 Å². The standard InChI is InChI=1S/C14H15ClN2OS/c1-3-10-4-5-19-12(10)8-16-14(18)11-6-9(2)17-13(15)7-11/h4-7H,3,8H2,1-2H3,(H,16,18). The quantitative estimate of drug-likeness (QED) is 0.876. The number of carbonyl (C=O) groups is 1. The van der Waals surface area contributed by atoms with Crippen molar-refractivity contribution >= 4 is 28.8 Å². The van der Waals surface area contributed by atoms with Gasteiger partial charge in [-0.05, 0) is 42.5 Å². The van der Waals surface area contributed by atoms with Crippen LogP contribution in [-0.2, 0) is 13.0 Å². The molecule has 2 heterocycles. The van der Waals surface area contributed by atoms with Crippen LogP contribution in [0.2, 0.25) is 5.15 Å². The van der Waals surface area contributed by atoms with Crippen LogP contribution >= 0.6 is 22.9 Å². The van der Waals surface area contributed by atoms with E-state index in [0.29, 0.717) is 17.3 Å². The number of hydrogen-bond donors (Lipinski definition) is 1. The van der Waals surface area contributed by atoms with Gasteiger partial charge in [-0.15, -0.1) is 11.3 Å². The molecule has 0 radical (unpaired) electrons.